The topological polar surface area (TPSA) is 70.1 Å². The van der Waals surface area contributed by atoms with E-state index >= 15 is 0 Å². The molecule has 0 spiro atoms. The molecule has 0 unspecified atom stereocenters. The summed E-state index contributed by atoms with van der Waals surface area (Å²) in [5.74, 6) is 2.37. The monoisotopic (exact) mass is 428 g/mol. The number of aromatic nitrogens is 1. The van der Waals surface area contributed by atoms with E-state index in [1.165, 1.54) is 11.3 Å². The smallest absolute Gasteiger partial charge is 0.273 e. The molecule has 0 aliphatic carbocycles. The maximum absolute atomic E-state index is 12.9. The fourth-order valence-electron chi connectivity index (χ4n) is 3.06. The van der Waals surface area contributed by atoms with Crippen LogP contribution in [0.2, 0.25) is 0 Å². The summed E-state index contributed by atoms with van der Waals surface area (Å²) in [5, 5.41) is 2.43. The third-order valence-electron chi connectivity index (χ3n) is 4.61. The van der Waals surface area contributed by atoms with Crippen molar-refractivity contribution in [2.24, 2.45) is 0 Å². The molecule has 0 aliphatic rings. The summed E-state index contributed by atoms with van der Waals surface area (Å²) in [6.07, 6.45) is 0. The number of hydrogen-bond donors (Lipinski definition) is 0. The first kappa shape index (κ1) is 21.4. The van der Waals surface area contributed by atoms with Gasteiger partial charge in [0.25, 0.3) is 5.91 Å². The molecule has 1 heterocycles. The Bertz CT molecular complexity index is 1030. The molecule has 3 aromatic rings. The molecule has 8 heteroatoms. The summed E-state index contributed by atoms with van der Waals surface area (Å²) in [7, 11) is 8.09. The van der Waals surface area contributed by atoms with Gasteiger partial charge in [-0.05, 0) is 24.3 Å². The summed E-state index contributed by atoms with van der Waals surface area (Å²) in [4.78, 5) is 19.1. The quantitative estimate of drug-likeness (QED) is 0.538. The first-order chi connectivity index (χ1) is 14.5. The summed E-state index contributed by atoms with van der Waals surface area (Å²) in [6, 6.07) is 11.1. The fraction of sp³-hybridized carbons (Fsp3) is 0.273. The first-order valence-electron chi connectivity index (χ1n) is 9.15. The molecule has 3 rings (SSSR count). The van der Waals surface area contributed by atoms with Gasteiger partial charge >= 0.3 is 0 Å². The SMILES string of the molecule is COc1ccc(CN(C)C(=O)c2csc(-c3cccc(OC)c3OC)n2)c(OC)c1. The van der Waals surface area contributed by atoms with Gasteiger partial charge in [-0.2, -0.15) is 0 Å². The predicted molar refractivity (Wildman–Crippen MR) is 116 cm³/mol. The van der Waals surface area contributed by atoms with Gasteiger partial charge in [0.2, 0.25) is 0 Å². The van der Waals surface area contributed by atoms with Crippen LogP contribution in [-0.4, -0.2) is 51.3 Å². The minimum atomic E-state index is -0.183. The zero-order chi connectivity index (χ0) is 21.7. The van der Waals surface area contributed by atoms with Gasteiger partial charge in [0.1, 0.15) is 22.2 Å². The minimum Gasteiger partial charge on any atom is -0.497 e. The molecule has 0 fully saturated rings. The summed E-state index contributed by atoms with van der Waals surface area (Å²) in [6.45, 7) is 0.376. The second-order valence-corrected chi connectivity index (χ2v) is 7.28. The Labute approximate surface area is 179 Å². The van der Waals surface area contributed by atoms with E-state index in [4.69, 9.17) is 18.9 Å². The Balaban J connectivity index is 1.82. The van der Waals surface area contributed by atoms with Gasteiger partial charge in [-0.15, -0.1) is 11.3 Å². The van der Waals surface area contributed by atoms with Gasteiger partial charge in [0.05, 0.1) is 34.0 Å². The number of ether oxygens (including phenoxy) is 4. The van der Waals surface area contributed by atoms with Crippen molar-refractivity contribution in [1.82, 2.24) is 9.88 Å². The number of benzene rings is 2. The lowest BCUT2D eigenvalue weighted by Crippen LogP contribution is -2.26. The highest BCUT2D eigenvalue weighted by molar-refractivity contribution is 7.13. The molecule has 2 aromatic carbocycles. The van der Waals surface area contributed by atoms with E-state index < -0.39 is 0 Å². The molecule has 1 amide bonds. The summed E-state index contributed by atoms with van der Waals surface area (Å²) in [5.41, 5.74) is 2.02. The third kappa shape index (κ3) is 4.33. The van der Waals surface area contributed by atoms with Crippen molar-refractivity contribution in [3.8, 4) is 33.6 Å². The third-order valence-corrected chi connectivity index (χ3v) is 5.48. The van der Waals surface area contributed by atoms with Gasteiger partial charge in [-0.3, -0.25) is 4.79 Å². The van der Waals surface area contributed by atoms with Crippen LogP contribution in [0.4, 0.5) is 0 Å². The Kier molecular flexibility index (Phi) is 6.79. The van der Waals surface area contributed by atoms with Gasteiger partial charge < -0.3 is 23.8 Å². The van der Waals surface area contributed by atoms with Crippen molar-refractivity contribution in [1.29, 1.82) is 0 Å². The molecule has 0 radical (unpaired) electrons. The molecule has 0 bridgehead atoms. The van der Waals surface area contributed by atoms with Gasteiger partial charge in [-0.1, -0.05) is 6.07 Å². The second kappa shape index (κ2) is 9.49. The average molecular weight is 429 g/mol. The zero-order valence-corrected chi connectivity index (χ0v) is 18.4. The molecule has 30 heavy (non-hydrogen) atoms. The van der Waals surface area contributed by atoms with Crippen LogP contribution in [0.15, 0.2) is 41.8 Å². The molecule has 0 saturated heterocycles. The lowest BCUT2D eigenvalue weighted by atomic mass is 10.1. The zero-order valence-electron chi connectivity index (χ0n) is 17.6. The maximum atomic E-state index is 12.9. The molecule has 1 aromatic heterocycles. The molecule has 0 N–H and O–H groups in total. The highest BCUT2D eigenvalue weighted by Gasteiger charge is 2.20. The molecule has 158 valence electrons. The van der Waals surface area contributed by atoms with Crippen molar-refractivity contribution in [2.75, 3.05) is 35.5 Å². The highest BCUT2D eigenvalue weighted by Crippen LogP contribution is 2.39. The number of nitrogens with zero attached hydrogens (tertiary/aromatic N) is 2. The van der Waals surface area contributed by atoms with Crippen LogP contribution in [-0.2, 0) is 6.54 Å². The molecule has 0 saturated carbocycles. The van der Waals surface area contributed by atoms with Crippen LogP contribution in [0.1, 0.15) is 16.1 Å². The van der Waals surface area contributed by atoms with Crippen LogP contribution in [0.3, 0.4) is 0 Å². The number of carbonyl (C=O) groups excluding carboxylic acids is 1. The number of amides is 1. The normalized spacial score (nSPS) is 10.4. The largest absolute Gasteiger partial charge is 0.497 e. The average Bonchev–Trinajstić information content (AvgIpc) is 3.28. The molecular weight excluding hydrogens is 404 g/mol. The Morgan fingerprint density at radius 3 is 2.43 bits per heavy atom. The molecule has 0 aliphatic heterocycles. The Morgan fingerprint density at radius 1 is 1.00 bits per heavy atom. The van der Waals surface area contributed by atoms with E-state index in [1.807, 2.05) is 30.3 Å². The van der Waals surface area contributed by atoms with E-state index in [0.717, 1.165) is 11.1 Å². The molecular formula is C22H24N2O5S. The number of hydrogen-bond acceptors (Lipinski definition) is 7. The Morgan fingerprint density at radius 2 is 1.77 bits per heavy atom. The number of thiazole rings is 1. The van der Waals surface area contributed by atoms with Crippen LogP contribution in [0.5, 0.6) is 23.0 Å². The Hall–Kier alpha value is -3.26. The highest BCUT2D eigenvalue weighted by atomic mass is 32.1. The van der Waals surface area contributed by atoms with Crippen molar-refractivity contribution >= 4 is 17.2 Å². The summed E-state index contributed by atoms with van der Waals surface area (Å²) >= 11 is 1.38. The lowest BCUT2D eigenvalue weighted by molar-refractivity contribution is 0.0779. The van der Waals surface area contributed by atoms with Crippen LogP contribution in [0.25, 0.3) is 10.6 Å². The van der Waals surface area contributed by atoms with Crippen molar-refractivity contribution in [3.05, 3.63) is 53.0 Å². The first-order valence-corrected chi connectivity index (χ1v) is 10.0. The van der Waals surface area contributed by atoms with Crippen LogP contribution >= 0.6 is 11.3 Å². The maximum Gasteiger partial charge on any atom is 0.273 e. The standard InChI is InChI=1S/C22H24N2O5S/c1-24(12-14-9-10-15(26-2)11-19(14)28-4)22(25)17-13-30-21(23-17)16-7-6-8-18(27-3)20(16)29-5/h6-11,13H,12H2,1-5H3. The lowest BCUT2D eigenvalue weighted by Gasteiger charge is -2.18. The number of carbonyl (C=O) groups is 1. The molecule has 0 atom stereocenters. The van der Waals surface area contributed by atoms with E-state index in [0.29, 0.717) is 40.2 Å². The van der Waals surface area contributed by atoms with Crippen molar-refractivity contribution in [3.63, 3.8) is 0 Å². The van der Waals surface area contributed by atoms with Crippen molar-refractivity contribution < 1.29 is 23.7 Å². The minimum absolute atomic E-state index is 0.183. The van der Waals surface area contributed by atoms with Crippen molar-refractivity contribution in [2.45, 2.75) is 6.54 Å². The number of rotatable bonds is 8. The van der Waals surface area contributed by atoms with Crippen LogP contribution in [0, 0.1) is 0 Å². The molecule has 7 nitrogen and oxygen atoms in total. The number of methoxy groups -OCH3 is 4. The van der Waals surface area contributed by atoms with E-state index in [-0.39, 0.29) is 5.91 Å². The van der Waals surface area contributed by atoms with Gasteiger partial charge in [0, 0.05) is 30.6 Å². The van der Waals surface area contributed by atoms with Crippen LogP contribution < -0.4 is 18.9 Å². The summed E-state index contributed by atoms with van der Waals surface area (Å²) < 4.78 is 21.5. The van der Waals surface area contributed by atoms with E-state index in [1.54, 1.807) is 51.8 Å². The van der Waals surface area contributed by atoms with Gasteiger partial charge in [-0.25, -0.2) is 4.98 Å². The fourth-order valence-corrected chi connectivity index (χ4v) is 3.87. The second-order valence-electron chi connectivity index (χ2n) is 6.42. The van der Waals surface area contributed by atoms with E-state index in [9.17, 15) is 4.79 Å². The van der Waals surface area contributed by atoms with E-state index in [2.05, 4.69) is 4.98 Å². The number of para-hydroxylation sites is 1. The van der Waals surface area contributed by atoms with Gasteiger partial charge in [0.15, 0.2) is 11.5 Å². The predicted octanol–water partition coefficient (Wildman–Crippen LogP) is 4.12.